The van der Waals surface area contributed by atoms with E-state index in [1.54, 1.807) is 11.5 Å². The molecule has 0 saturated heterocycles. The van der Waals surface area contributed by atoms with E-state index in [4.69, 9.17) is 16.6 Å². The molecule has 2 heterocycles. The molecule has 4 aromatic rings. The molecule has 0 aliphatic heterocycles. The minimum atomic E-state index is -0.709. The number of halogens is 1. The molecule has 1 atom stereocenters. The average molecular weight is 643 g/mol. The van der Waals surface area contributed by atoms with Crippen LogP contribution in [0.2, 0.25) is 5.15 Å². The maximum absolute atomic E-state index is 6.73. The summed E-state index contributed by atoms with van der Waals surface area (Å²) in [5.41, 5.74) is 14.9. The monoisotopic (exact) mass is 642 g/mol. The molecule has 2 nitrogen and oxygen atoms in total. The number of rotatable bonds is 8. The maximum Gasteiger partial charge on any atom is 0.155 e. The smallest absolute Gasteiger partial charge is 0.155 e. The highest BCUT2D eigenvalue weighted by Crippen LogP contribution is 2.62. The average Bonchev–Trinajstić information content (AvgIpc) is 2.93. The zero-order chi connectivity index (χ0) is 33.8. The molecule has 0 amide bonds. The van der Waals surface area contributed by atoms with Crippen LogP contribution in [0.3, 0.4) is 0 Å². The molecule has 2 aromatic heterocycles. The summed E-state index contributed by atoms with van der Waals surface area (Å²) in [6.45, 7) is 35.9. The fourth-order valence-electron chi connectivity index (χ4n) is 7.38. The van der Waals surface area contributed by atoms with Crippen LogP contribution in [-0.4, -0.2) is 20.3 Å². The molecular formula is C41H56ClN2P. The second-order valence-electron chi connectivity index (χ2n) is 15.7. The van der Waals surface area contributed by atoms with Gasteiger partial charge in [-0.3, -0.25) is 4.98 Å². The molecule has 0 N–H and O–H groups in total. The van der Waals surface area contributed by atoms with Gasteiger partial charge in [0, 0.05) is 17.3 Å². The maximum atomic E-state index is 6.73. The summed E-state index contributed by atoms with van der Waals surface area (Å²) in [6, 6.07) is 11.3. The quantitative estimate of drug-likeness (QED) is 0.141. The highest BCUT2D eigenvalue weighted by atomic mass is 35.5. The Morgan fingerprint density at radius 2 is 1.29 bits per heavy atom. The van der Waals surface area contributed by atoms with Gasteiger partial charge in [-0.15, -0.1) is 0 Å². The second-order valence-corrected chi connectivity index (χ2v) is 19.8. The van der Waals surface area contributed by atoms with Crippen molar-refractivity contribution in [2.45, 2.75) is 138 Å². The molecule has 0 aliphatic rings. The lowest BCUT2D eigenvalue weighted by Gasteiger charge is -2.46. The Kier molecular flexibility index (Phi) is 10.3. The predicted octanol–water partition coefficient (Wildman–Crippen LogP) is 12.5. The van der Waals surface area contributed by atoms with Crippen molar-refractivity contribution in [3.8, 4) is 11.1 Å². The van der Waals surface area contributed by atoms with Crippen LogP contribution in [0, 0.1) is 27.7 Å². The predicted molar refractivity (Wildman–Crippen MR) is 202 cm³/mol. The Morgan fingerprint density at radius 1 is 0.733 bits per heavy atom. The van der Waals surface area contributed by atoms with E-state index in [1.165, 1.54) is 50.1 Å². The van der Waals surface area contributed by atoms with Gasteiger partial charge in [0.25, 0.3) is 0 Å². The number of pyridine rings is 2. The molecule has 45 heavy (non-hydrogen) atoms. The number of hydrogen-bond donors (Lipinski definition) is 0. The molecule has 0 aliphatic carbocycles. The molecule has 0 saturated carbocycles. The SMILES string of the molecule is Cc1c(C)c(C)c(P(C(C)(C)C)C(C)(C)Cc2cc3cccnc3c(Cl)n2)c(-c2c(C(C)C)cc(C(C)C)cc2C(C)C)c1C. The van der Waals surface area contributed by atoms with Crippen molar-refractivity contribution in [3.05, 3.63) is 86.3 Å². The zero-order valence-electron chi connectivity index (χ0n) is 30.6. The summed E-state index contributed by atoms with van der Waals surface area (Å²) in [4.78, 5) is 9.41. The topological polar surface area (TPSA) is 25.8 Å². The third-order valence-corrected chi connectivity index (χ3v) is 13.7. The van der Waals surface area contributed by atoms with Crippen molar-refractivity contribution in [2.75, 3.05) is 0 Å². The summed E-state index contributed by atoms with van der Waals surface area (Å²) in [6.07, 6.45) is 2.63. The van der Waals surface area contributed by atoms with Crippen LogP contribution < -0.4 is 5.30 Å². The summed E-state index contributed by atoms with van der Waals surface area (Å²) in [5.74, 6) is 1.31. The van der Waals surface area contributed by atoms with Crippen LogP contribution in [0.15, 0.2) is 36.5 Å². The molecule has 0 radical (unpaired) electrons. The first-order chi connectivity index (χ1) is 20.8. The van der Waals surface area contributed by atoms with Gasteiger partial charge in [0.05, 0.1) is 0 Å². The molecule has 0 spiro atoms. The summed E-state index contributed by atoms with van der Waals surface area (Å²) in [7, 11) is -0.709. The van der Waals surface area contributed by atoms with E-state index in [2.05, 4.69) is 133 Å². The van der Waals surface area contributed by atoms with Crippen molar-refractivity contribution >= 4 is 35.7 Å². The fourth-order valence-corrected chi connectivity index (χ4v) is 12.1. The first-order valence-electron chi connectivity index (χ1n) is 16.8. The van der Waals surface area contributed by atoms with Gasteiger partial charge in [-0.05, 0) is 130 Å². The Morgan fingerprint density at radius 3 is 1.80 bits per heavy atom. The van der Waals surface area contributed by atoms with E-state index in [0.29, 0.717) is 22.9 Å². The number of nitrogens with zero attached hydrogens (tertiary/aromatic N) is 2. The summed E-state index contributed by atoms with van der Waals surface area (Å²) in [5, 5.41) is 3.09. The molecule has 0 bridgehead atoms. The summed E-state index contributed by atoms with van der Waals surface area (Å²) >= 11 is 6.73. The van der Waals surface area contributed by atoms with Gasteiger partial charge in [0.1, 0.15) is 5.52 Å². The van der Waals surface area contributed by atoms with Crippen LogP contribution in [0.5, 0.6) is 0 Å². The standard InChI is InChI=1S/C41H56ClN2P/c1-23(2)31-20-33(24(3)4)36(34(21-31)25(5)6)35-28(9)26(7)27(8)29(10)38(35)45(40(11,12)13)41(14,15)22-32-19-30-17-16-18-43-37(30)39(42)44-32/h16-21,23-25H,22H2,1-15H3. The Bertz CT molecular complexity index is 1690. The second kappa shape index (κ2) is 13.1. The minimum Gasteiger partial charge on any atom is -0.253 e. The van der Waals surface area contributed by atoms with E-state index in [-0.39, 0.29) is 10.3 Å². The van der Waals surface area contributed by atoms with Crippen LogP contribution >= 0.6 is 19.5 Å². The largest absolute Gasteiger partial charge is 0.253 e. The third kappa shape index (κ3) is 6.89. The lowest BCUT2D eigenvalue weighted by Crippen LogP contribution is -2.37. The van der Waals surface area contributed by atoms with E-state index < -0.39 is 7.92 Å². The van der Waals surface area contributed by atoms with E-state index in [0.717, 1.165) is 23.0 Å². The zero-order valence-corrected chi connectivity index (χ0v) is 32.3. The van der Waals surface area contributed by atoms with Crippen LogP contribution in [-0.2, 0) is 6.42 Å². The highest BCUT2D eigenvalue weighted by Gasteiger charge is 2.42. The fraction of sp³-hybridized carbons (Fsp3) is 0.512. The van der Waals surface area contributed by atoms with E-state index in [1.807, 2.05) is 6.07 Å². The minimum absolute atomic E-state index is 0.0442. The number of benzene rings is 2. The summed E-state index contributed by atoms with van der Waals surface area (Å²) < 4.78 is 0. The molecular weight excluding hydrogens is 587 g/mol. The molecule has 1 unspecified atom stereocenters. The highest BCUT2D eigenvalue weighted by molar-refractivity contribution is 7.69. The van der Waals surface area contributed by atoms with Crippen molar-refractivity contribution in [3.63, 3.8) is 0 Å². The van der Waals surface area contributed by atoms with Crippen molar-refractivity contribution in [2.24, 2.45) is 0 Å². The van der Waals surface area contributed by atoms with Crippen molar-refractivity contribution in [1.29, 1.82) is 0 Å². The lowest BCUT2D eigenvalue weighted by molar-refractivity contribution is 0.650. The Hall–Kier alpha value is -2.28. The molecule has 2 aromatic carbocycles. The normalized spacial score (nSPS) is 13.5. The number of hydrogen-bond acceptors (Lipinski definition) is 2. The molecule has 4 rings (SSSR count). The van der Waals surface area contributed by atoms with Crippen LogP contribution in [0.25, 0.3) is 22.0 Å². The van der Waals surface area contributed by atoms with Crippen molar-refractivity contribution in [1.82, 2.24) is 9.97 Å². The number of aromatic nitrogens is 2. The third-order valence-electron chi connectivity index (χ3n) is 9.75. The van der Waals surface area contributed by atoms with Gasteiger partial charge >= 0.3 is 0 Å². The molecule has 4 heteroatoms. The number of fused-ring (bicyclic) bond motifs is 1. The van der Waals surface area contributed by atoms with E-state index >= 15 is 0 Å². The van der Waals surface area contributed by atoms with Gasteiger partial charge in [0.15, 0.2) is 5.15 Å². The Labute approximate surface area is 280 Å². The van der Waals surface area contributed by atoms with E-state index in [9.17, 15) is 0 Å². The first kappa shape index (κ1) is 35.6. The van der Waals surface area contributed by atoms with Gasteiger partial charge < -0.3 is 0 Å². The van der Waals surface area contributed by atoms with Crippen LogP contribution in [0.4, 0.5) is 0 Å². The van der Waals surface area contributed by atoms with Gasteiger partial charge in [-0.25, -0.2) is 4.98 Å². The van der Waals surface area contributed by atoms with Gasteiger partial charge in [-0.1, -0.05) is 114 Å². The molecule has 242 valence electrons. The van der Waals surface area contributed by atoms with Gasteiger partial charge in [-0.2, -0.15) is 0 Å². The van der Waals surface area contributed by atoms with Gasteiger partial charge in [0.2, 0.25) is 0 Å². The van der Waals surface area contributed by atoms with Crippen LogP contribution in [0.1, 0.15) is 139 Å². The Balaban J connectivity index is 2.11. The first-order valence-corrected chi connectivity index (χ1v) is 18.5. The lowest BCUT2D eigenvalue weighted by atomic mass is 9.79. The molecule has 0 fully saturated rings. The van der Waals surface area contributed by atoms with Crippen molar-refractivity contribution < 1.29 is 0 Å².